The Morgan fingerprint density at radius 1 is 1.15 bits per heavy atom. The lowest BCUT2D eigenvalue weighted by molar-refractivity contribution is 0.0720. The molecule has 0 radical (unpaired) electrons. The molecule has 0 fully saturated rings. The SMILES string of the molecule is COc1ccc2c(C)c(C(=O)N3Cc4cnc(C)cc4C3)oc2c1OC. The fourth-order valence-corrected chi connectivity index (χ4v) is 3.49. The molecule has 2 aromatic heterocycles. The lowest BCUT2D eigenvalue weighted by Gasteiger charge is -2.13. The van der Waals surface area contributed by atoms with Crippen LogP contribution < -0.4 is 9.47 Å². The molecule has 4 rings (SSSR count). The molecule has 6 heteroatoms. The van der Waals surface area contributed by atoms with Gasteiger partial charge in [0.25, 0.3) is 5.91 Å². The number of furan rings is 1. The number of hydrogen-bond donors (Lipinski definition) is 0. The summed E-state index contributed by atoms with van der Waals surface area (Å²) in [7, 11) is 3.13. The van der Waals surface area contributed by atoms with Gasteiger partial charge in [-0.1, -0.05) is 0 Å². The topological polar surface area (TPSA) is 64.8 Å². The summed E-state index contributed by atoms with van der Waals surface area (Å²) in [6.07, 6.45) is 1.84. The molecule has 26 heavy (non-hydrogen) atoms. The second-order valence-corrected chi connectivity index (χ2v) is 6.49. The molecular weight excluding hydrogens is 332 g/mol. The van der Waals surface area contributed by atoms with E-state index in [0.717, 1.165) is 27.8 Å². The van der Waals surface area contributed by atoms with Gasteiger partial charge >= 0.3 is 0 Å². The van der Waals surface area contributed by atoms with E-state index in [2.05, 4.69) is 4.98 Å². The van der Waals surface area contributed by atoms with Gasteiger partial charge in [-0.05, 0) is 43.2 Å². The van der Waals surface area contributed by atoms with E-state index < -0.39 is 0 Å². The molecule has 0 bridgehead atoms. The van der Waals surface area contributed by atoms with E-state index in [1.165, 1.54) is 0 Å². The van der Waals surface area contributed by atoms with Gasteiger partial charge in [0.2, 0.25) is 5.75 Å². The molecule has 0 aliphatic carbocycles. The Hall–Kier alpha value is -3.02. The number of nitrogens with zero attached hydrogens (tertiary/aromatic N) is 2. The smallest absolute Gasteiger partial charge is 0.290 e. The Labute approximate surface area is 151 Å². The molecule has 0 spiro atoms. The van der Waals surface area contributed by atoms with E-state index in [9.17, 15) is 4.79 Å². The maximum atomic E-state index is 13.1. The van der Waals surface area contributed by atoms with Gasteiger partial charge in [-0.15, -0.1) is 0 Å². The number of fused-ring (bicyclic) bond motifs is 2. The summed E-state index contributed by atoms with van der Waals surface area (Å²) in [5.41, 5.74) is 4.50. The summed E-state index contributed by atoms with van der Waals surface area (Å²) in [6.45, 7) is 4.95. The average Bonchev–Trinajstić information content (AvgIpc) is 3.21. The molecular formula is C20H20N2O4. The van der Waals surface area contributed by atoms with Crippen molar-refractivity contribution in [3.63, 3.8) is 0 Å². The van der Waals surface area contributed by atoms with E-state index in [-0.39, 0.29) is 5.91 Å². The number of aryl methyl sites for hydroxylation is 2. The molecule has 0 unspecified atom stereocenters. The van der Waals surface area contributed by atoms with Crippen molar-refractivity contribution in [3.8, 4) is 11.5 Å². The normalized spacial score (nSPS) is 13.2. The van der Waals surface area contributed by atoms with Gasteiger partial charge in [-0.2, -0.15) is 0 Å². The predicted octanol–water partition coefficient (Wildman–Crippen LogP) is 3.62. The maximum absolute atomic E-state index is 13.1. The third-order valence-electron chi connectivity index (χ3n) is 4.87. The van der Waals surface area contributed by atoms with Gasteiger partial charge in [0.1, 0.15) is 0 Å². The Balaban J connectivity index is 1.73. The highest BCUT2D eigenvalue weighted by atomic mass is 16.5. The fourth-order valence-electron chi connectivity index (χ4n) is 3.49. The number of hydrogen-bond acceptors (Lipinski definition) is 5. The number of benzene rings is 1. The van der Waals surface area contributed by atoms with Crippen molar-refractivity contribution in [1.29, 1.82) is 0 Å². The summed E-state index contributed by atoms with van der Waals surface area (Å²) in [5, 5.41) is 0.847. The molecule has 1 aromatic carbocycles. The van der Waals surface area contributed by atoms with E-state index in [0.29, 0.717) is 35.9 Å². The molecule has 1 aliphatic heterocycles. The van der Waals surface area contributed by atoms with Crippen LogP contribution in [-0.2, 0) is 13.1 Å². The first-order valence-electron chi connectivity index (χ1n) is 8.41. The van der Waals surface area contributed by atoms with Crippen LogP contribution in [0.5, 0.6) is 11.5 Å². The zero-order valence-corrected chi connectivity index (χ0v) is 15.3. The van der Waals surface area contributed by atoms with Crippen LogP contribution in [0.15, 0.2) is 28.8 Å². The Kier molecular flexibility index (Phi) is 3.83. The average molecular weight is 352 g/mol. The number of ether oxygens (including phenoxy) is 2. The number of aromatic nitrogens is 1. The van der Waals surface area contributed by atoms with E-state index in [1.807, 2.05) is 38.2 Å². The van der Waals surface area contributed by atoms with Crippen LogP contribution >= 0.6 is 0 Å². The highest BCUT2D eigenvalue weighted by molar-refractivity contribution is 6.01. The lowest BCUT2D eigenvalue weighted by atomic mass is 10.1. The minimum atomic E-state index is -0.131. The largest absolute Gasteiger partial charge is 0.493 e. The molecule has 3 heterocycles. The molecule has 6 nitrogen and oxygen atoms in total. The zero-order chi connectivity index (χ0) is 18.4. The number of carbonyl (C=O) groups excluding carboxylic acids is 1. The predicted molar refractivity (Wildman–Crippen MR) is 96.6 cm³/mol. The zero-order valence-electron chi connectivity index (χ0n) is 15.3. The lowest BCUT2D eigenvalue weighted by Crippen LogP contribution is -2.25. The van der Waals surface area contributed by atoms with Crippen LogP contribution in [0.1, 0.15) is 32.9 Å². The number of carbonyl (C=O) groups is 1. The van der Waals surface area contributed by atoms with Crippen LogP contribution in [0.3, 0.4) is 0 Å². The summed E-state index contributed by atoms with van der Waals surface area (Å²) < 4.78 is 16.7. The summed E-state index contributed by atoms with van der Waals surface area (Å²) in [5.74, 6) is 1.28. The highest BCUT2D eigenvalue weighted by Crippen LogP contribution is 2.39. The van der Waals surface area contributed by atoms with Gasteiger partial charge in [-0.25, -0.2) is 0 Å². The Bertz CT molecular complexity index is 1020. The number of pyridine rings is 1. The van der Waals surface area contributed by atoms with E-state index in [4.69, 9.17) is 13.9 Å². The Morgan fingerprint density at radius 3 is 2.65 bits per heavy atom. The quantitative estimate of drug-likeness (QED) is 0.720. The van der Waals surface area contributed by atoms with Gasteiger partial charge in [0.15, 0.2) is 17.1 Å². The third-order valence-corrected chi connectivity index (χ3v) is 4.87. The maximum Gasteiger partial charge on any atom is 0.290 e. The molecule has 1 aliphatic rings. The van der Waals surface area contributed by atoms with Crippen LogP contribution in [0.25, 0.3) is 11.0 Å². The number of methoxy groups -OCH3 is 2. The molecule has 134 valence electrons. The van der Waals surface area contributed by atoms with Gasteiger partial charge in [0, 0.05) is 35.9 Å². The molecule has 0 N–H and O–H groups in total. The van der Waals surface area contributed by atoms with Crippen molar-refractivity contribution < 1.29 is 18.7 Å². The van der Waals surface area contributed by atoms with Crippen molar-refractivity contribution in [1.82, 2.24) is 9.88 Å². The summed E-state index contributed by atoms with van der Waals surface area (Å²) in [4.78, 5) is 19.2. The van der Waals surface area contributed by atoms with Crippen molar-refractivity contribution in [3.05, 3.63) is 52.5 Å². The molecule has 0 saturated carbocycles. The van der Waals surface area contributed by atoms with Gasteiger partial charge < -0.3 is 18.8 Å². The number of rotatable bonds is 3. The van der Waals surface area contributed by atoms with Crippen molar-refractivity contribution in [2.24, 2.45) is 0 Å². The second-order valence-electron chi connectivity index (χ2n) is 6.49. The first-order valence-corrected chi connectivity index (χ1v) is 8.41. The van der Waals surface area contributed by atoms with Crippen molar-refractivity contribution in [2.45, 2.75) is 26.9 Å². The fraction of sp³-hybridized carbons (Fsp3) is 0.300. The second kappa shape index (κ2) is 6.05. The first kappa shape index (κ1) is 16.4. The highest BCUT2D eigenvalue weighted by Gasteiger charge is 2.29. The minimum absolute atomic E-state index is 0.131. The summed E-state index contributed by atoms with van der Waals surface area (Å²) in [6, 6.07) is 5.73. The monoisotopic (exact) mass is 352 g/mol. The molecule has 0 saturated heterocycles. The molecule has 0 atom stereocenters. The minimum Gasteiger partial charge on any atom is -0.493 e. The third kappa shape index (κ3) is 2.41. The molecule has 1 amide bonds. The van der Waals surface area contributed by atoms with Crippen LogP contribution in [0.2, 0.25) is 0 Å². The summed E-state index contributed by atoms with van der Waals surface area (Å²) >= 11 is 0. The van der Waals surface area contributed by atoms with Crippen molar-refractivity contribution >= 4 is 16.9 Å². The van der Waals surface area contributed by atoms with Crippen LogP contribution in [0, 0.1) is 13.8 Å². The van der Waals surface area contributed by atoms with E-state index in [1.54, 1.807) is 19.1 Å². The van der Waals surface area contributed by atoms with Crippen molar-refractivity contribution in [2.75, 3.05) is 14.2 Å². The van der Waals surface area contributed by atoms with E-state index >= 15 is 0 Å². The van der Waals surface area contributed by atoms with Crippen LogP contribution in [0.4, 0.5) is 0 Å². The molecule has 3 aromatic rings. The van der Waals surface area contributed by atoms with Crippen LogP contribution in [-0.4, -0.2) is 30.0 Å². The van der Waals surface area contributed by atoms with Gasteiger partial charge in [0.05, 0.1) is 14.2 Å². The standard InChI is InChI=1S/C20H20N2O4/c1-11-7-13-9-22(10-14(13)8-21-11)20(23)17-12(2)15-5-6-16(24-3)19(25-4)18(15)26-17/h5-8H,9-10H2,1-4H3. The Morgan fingerprint density at radius 2 is 1.92 bits per heavy atom. The van der Waals surface area contributed by atoms with Gasteiger partial charge in [-0.3, -0.25) is 9.78 Å². The number of amides is 1. The first-order chi connectivity index (χ1) is 12.5.